The molecule has 0 saturated heterocycles. The summed E-state index contributed by atoms with van der Waals surface area (Å²) in [5, 5.41) is 4.49. The van der Waals surface area contributed by atoms with Crippen molar-refractivity contribution in [3.63, 3.8) is 0 Å². The molecule has 4 aromatic rings. The maximum atomic E-state index is 14.2. The number of carbonyl (C=O) groups is 1. The Kier molecular flexibility index (Phi) is 7.31. The molecule has 0 aliphatic heterocycles. The molecule has 2 heterocycles. The molecule has 0 spiro atoms. The second-order valence-electron chi connectivity index (χ2n) is 7.78. The number of amides is 1. The first-order valence-corrected chi connectivity index (χ1v) is 11.7. The highest BCUT2D eigenvalue weighted by Gasteiger charge is 2.17. The van der Waals surface area contributed by atoms with Crippen LogP contribution in [0.15, 0.2) is 63.5 Å². The summed E-state index contributed by atoms with van der Waals surface area (Å²) in [5.41, 5.74) is 0.365. The van der Waals surface area contributed by atoms with Crippen LogP contribution in [0.5, 0.6) is 11.5 Å². The number of nitrogens with zero attached hydrogens (tertiary/aromatic N) is 2. The normalized spacial score (nSPS) is 10.9. The minimum atomic E-state index is -0.667. The van der Waals surface area contributed by atoms with Crippen LogP contribution in [0.3, 0.4) is 0 Å². The molecule has 1 N–H and O–H groups in total. The smallest absolute Gasteiger partial charge is 0.332 e. The summed E-state index contributed by atoms with van der Waals surface area (Å²) in [5.74, 6) is 0.325. The van der Waals surface area contributed by atoms with Gasteiger partial charge in [-0.15, -0.1) is 11.3 Å². The average Bonchev–Trinajstić information content (AvgIpc) is 3.35. The number of nitrogens with one attached hydrogen (secondary N) is 1. The number of benzene rings is 2. The van der Waals surface area contributed by atoms with E-state index in [0.717, 1.165) is 10.1 Å². The fourth-order valence-corrected chi connectivity index (χ4v) is 4.65. The summed E-state index contributed by atoms with van der Waals surface area (Å²) in [6, 6.07) is 13.1. The van der Waals surface area contributed by atoms with E-state index in [1.165, 1.54) is 34.1 Å². The van der Waals surface area contributed by atoms with Gasteiger partial charge in [-0.25, -0.2) is 9.18 Å². The number of halogens is 1. The van der Waals surface area contributed by atoms with E-state index >= 15 is 0 Å². The molecule has 35 heavy (non-hydrogen) atoms. The van der Waals surface area contributed by atoms with Crippen LogP contribution in [-0.2, 0) is 24.3 Å². The molecule has 4 rings (SSSR count). The van der Waals surface area contributed by atoms with Gasteiger partial charge < -0.3 is 14.8 Å². The first-order valence-electron chi connectivity index (χ1n) is 10.8. The predicted octanol–water partition coefficient (Wildman–Crippen LogP) is 2.79. The van der Waals surface area contributed by atoms with Crippen LogP contribution in [0, 0.1) is 5.82 Å². The first kappa shape index (κ1) is 24.2. The molecule has 0 bridgehead atoms. The van der Waals surface area contributed by atoms with E-state index in [-0.39, 0.29) is 24.6 Å². The third-order valence-corrected chi connectivity index (χ3v) is 6.50. The summed E-state index contributed by atoms with van der Waals surface area (Å²) in [4.78, 5) is 38.8. The second kappa shape index (κ2) is 10.6. The summed E-state index contributed by atoms with van der Waals surface area (Å²) >= 11 is 1.17. The number of rotatable bonds is 9. The number of thiophene rings is 1. The van der Waals surface area contributed by atoms with Crippen molar-refractivity contribution in [3.05, 3.63) is 91.7 Å². The zero-order valence-electron chi connectivity index (χ0n) is 19.2. The maximum absolute atomic E-state index is 14.2. The maximum Gasteiger partial charge on any atom is 0.332 e. The summed E-state index contributed by atoms with van der Waals surface area (Å²) < 4.78 is 27.3. The van der Waals surface area contributed by atoms with E-state index < -0.39 is 17.1 Å². The van der Waals surface area contributed by atoms with Gasteiger partial charge in [-0.2, -0.15) is 0 Å². The van der Waals surface area contributed by atoms with Crippen molar-refractivity contribution < 1.29 is 18.7 Å². The minimum Gasteiger partial charge on any atom is -0.493 e. The fourth-order valence-electron chi connectivity index (χ4n) is 3.80. The molecule has 1 amide bonds. The van der Waals surface area contributed by atoms with Crippen molar-refractivity contribution in [2.24, 2.45) is 0 Å². The number of ether oxygens (including phenoxy) is 2. The molecule has 2 aromatic carbocycles. The number of hydrogen-bond donors (Lipinski definition) is 1. The number of aromatic nitrogens is 2. The predicted molar refractivity (Wildman–Crippen MR) is 132 cm³/mol. The molecular weight excluding hydrogens is 473 g/mol. The fraction of sp³-hybridized carbons (Fsp3) is 0.240. The lowest BCUT2D eigenvalue weighted by Crippen LogP contribution is -2.42. The first-order chi connectivity index (χ1) is 16.9. The van der Waals surface area contributed by atoms with E-state index in [4.69, 9.17) is 9.47 Å². The van der Waals surface area contributed by atoms with Crippen LogP contribution >= 0.6 is 11.3 Å². The minimum absolute atomic E-state index is 0.216. The van der Waals surface area contributed by atoms with Gasteiger partial charge in [0.1, 0.15) is 17.1 Å². The van der Waals surface area contributed by atoms with E-state index in [9.17, 15) is 18.8 Å². The van der Waals surface area contributed by atoms with E-state index in [1.54, 1.807) is 37.8 Å². The van der Waals surface area contributed by atoms with Crippen LogP contribution in [0.1, 0.15) is 11.1 Å². The van der Waals surface area contributed by atoms with Crippen LogP contribution in [-0.4, -0.2) is 35.8 Å². The zero-order chi connectivity index (χ0) is 24.9. The molecule has 8 nitrogen and oxygen atoms in total. The van der Waals surface area contributed by atoms with Crippen molar-refractivity contribution in [2.45, 2.75) is 19.5 Å². The molecule has 182 valence electrons. The van der Waals surface area contributed by atoms with Gasteiger partial charge in [-0.3, -0.25) is 18.7 Å². The van der Waals surface area contributed by atoms with Gasteiger partial charge in [0.15, 0.2) is 11.5 Å². The molecule has 0 unspecified atom stereocenters. The lowest BCUT2D eigenvalue weighted by atomic mass is 10.1. The Morgan fingerprint density at radius 2 is 1.80 bits per heavy atom. The lowest BCUT2D eigenvalue weighted by Gasteiger charge is -2.13. The molecule has 0 saturated carbocycles. The molecule has 0 aliphatic carbocycles. The molecule has 10 heteroatoms. The average molecular weight is 498 g/mol. The monoisotopic (exact) mass is 497 g/mol. The van der Waals surface area contributed by atoms with Gasteiger partial charge in [0.05, 0.1) is 26.3 Å². The largest absolute Gasteiger partial charge is 0.493 e. The second-order valence-corrected chi connectivity index (χ2v) is 8.69. The standard InChI is InChI=1S/C25H24FN3O5S/c1-33-20-8-7-16(13-21(20)34-2)9-11-27-22(30)15-28-19-10-12-35-23(19)24(31)29(25(28)32)14-17-5-3-4-6-18(17)26/h3-8,10,12-13H,9,11,14-15H2,1-2H3,(H,27,30). The van der Waals surface area contributed by atoms with Crippen LogP contribution in [0.2, 0.25) is 0 Å². The Morgan fingerprint density at radius 1 is 1.03 bits per heavy atom. The lowest BCUT2D eigenvalue weighted by molar-refractivity contribution is -0.121. The highest BCUT2D eigenvalue weighted by molar-refractivity contribution is 7.17. The molecule has 0 aliphatic rings. The number of hydrogen-bond acceptors (Lipinski definition) is 6. The third-order valence-electron chi connectivity index (χ3n) is 5.61. The van der Waals surface area contributed by atoms with E-state index in [2.05, 4.69) is 5.32 Å². The zero-order valence-corrected chi connectivity index (χ0v) is 20.1. The van der Waals surface area contributed by atoms with Crippen molar-refractivity contribution in [2.75, 3.05) is 20.8 Å². The van der Waals surface area contributed by atoms with Crippen molar-refractivity contribution in [1.82, 2.24) is 14.5 Å². The van der Waals surface area contributed by atoms with Gasteiger partial charge in [-0.05, 0) is 41.6 Å². The number of carbonyl (C=O) groups excluding carboxylic acids is 1. The Morgan fingerprint density at radius 3 is 2.54 bits per heavy atom. The van der Waals surface area contributed by atoms with Crippen LogP contribution in [0.25, 0.3) is 10.2 Å². The number of methoxy groups -OCH3 is 2. The molecule has 0 fully saturated rings. The molecule has 2 aromatic heterocycles. The Labute approximate surface area is 204 Å². The highest BCUT2D eigenvalue weighted by Crippen LogP contribution is 2.27. The molecular formula is C25H24FN3O5S. The Balaban J connectivity index is 1.52. The van der Waals surface area contributed by atoms with Gasteiger partial charge in [0.25, 0.3) is 5.56 Å². The molecule has 0 radical (unpaired) electrons. The topological polar surface area (TPSA) is 91.6 Å². The summed E-state index contributed by atoms with van der Waals surface area (Å²) in [6.07, 6.45) is 0.543. The van der Waals surface area contributed by atoms with E-state index in [1.807, 2.05) is 12.1 Å². The number of fused-ring (bicyclic) bond motifs is 1. The summed E-state index contributed by atoms with van der Waals surface area (Å²) in [7, 11) is 3.11. The van der Waals surface area contributed by atoms with Crippen LogP contribution in [0.4, 0.5) is 4.39 Å². The van der Waals surface area contributed by atoms with E-state index in [0.29, 0.717) is 34.7 Å². The van der Waals surface area contributed by atoms with Gasteiger partial charge in [0.2, 0.25) is 5.91 Å². The summed E-state index contributed by atoms with van der Waals surface area (Å²) in [6.45, 7) is -0.153. The van der Waals surface area contributed by atoms with Crippen molar-refractivity contribution in [3.8, 4) is 11.5 Å². The quantitative estimate of drug-likeness (QED) is 0.384. The highest BCUT2D eigenvalue weighted by atomic mass is 32.1. The third kappa shape index (κ3) is 5.12. The Hall–Kier alpha value is -3.92. The SMILES string of the molecule is COc1ccc(CCNC(=O)Cn2c(=O)n(Cc3ccccc3F)c(=O)c3sccc32)cc1OC. The van der Waals surface area contributed by atoms with Gasteiger partial charge >= 0.3 is 5.69 Å². The van der Waals surface area contributed by atoms with Gasteiger partial charge in [-0.1, -0.05) is 24.3 Å². The van der Waals surface area contributed by atoms with Crippen molar-refractivity contribution in [1.29, 1.82) is 0 Å². The van der Waals surface area contributed by atoms with Gasteiger partial charge in [0, 0.05) is 12.1 Å². The van der Waals surface area contributed by atoms with Crippen LogP contribution < -0.4 is 26.0 Å². The Bertz CT molecular complexity index is 1490. The molecule has 0 atom stereocenters. The van der Waals surface area contributed by atoms with Crippen molar-refractivity contribution >= 4 is 27.5 Å².